The van der Waals surface area contributed by atoms with Gasteiger partial charge in [0.2, 0.25) is 0 Å². The molecule has 0 unspecified atom stereocenters. The number of nitrogens with one attached hydrogen (secondary N) is 1. The van der Waals surface area contributed by atoms with Crippen LogP contribution in [-0.4, -0.2) is 24.8 Å². The third kappa shape index (κ3) is 2.32. The van der Waals surface area contributed by atoms with Gasteiger partial charge in [-0.05, 0) is 13.0 Å². The van der Waals surface area contributed by atoms with E-state index in [4.69, 9.17) is 4.98 Å². The molecule has 0 aliphatic rings. The van der Waals surface area contributed by atoms with Crippen LogP contribution in [0.5, 0.6) is 0 Å². The van der Waals surface area contributed by atoms with Crippen LogP contribution in [0.4, 0.5) is 0 Å². The molecule has 0 radical (unpaired) electrons. The zero-order valence-electron chi connectivity index (χ0n) is 13.3. The van der Waals surface area contributed by atoms with Gasteiger partial charge in [0, 0.05) is 23.3 Å². The number of aryl methyl sites for hydroxylation is 1. The maximum absolute atomic E-state index is 4.99. The highest BCUT2D eigenvalue weighted by molar-refractivity contribution is 7.20. The zero-order chi connectivity index (χ0) is 16.8. The number of rotatable bonds is 3. The first kappa shape index (κ1) is 14.6. The third-order valence-corrected chi connectivity index (χ3v) is 6.04. The van der Waals surface area contributed by atoms with Crippen LogP contribution < -0.4 is 0 Å². The molecule has 5 nitrogen and oxygen atoms in total. The molecule has 0 amide bonds. The smallest absolute Gasteiger partial charge is 0.129 e. The number of hydrogen-bond acceptors (Lipinski definition) is 5. The fourth-order valence-corrected chi connectivity index (χ4v) is 5.02. The largest absolute Gasteiger partial charge is 0.277 e. The van der Waals surface area contributed by atoms with Gasteiger partial charge in [-0.2, -0.15) is 10.2 Å². The van der Waals surface area contributed by atoms with E-state index in [9.17, 15) is 0 Å². The van der Waals surface area contributed by atoms with E-state index < -0.39 is 0 Å². The van der Waals surface area contributed by atoms with Crippen molar-refractivity contribution in [2.75, 3.05) is 0 Å². The molecule has 0 saturated heterocycles. The monoisotopic (exact) mass is 363 g/mol. The summed E-state index contributed by atoms with van der Waals surface area (Å²) in [4.78, 5) is 7.21. The molecule has 1 aromatic carbocycles. The van der Waals surface area contributed by atoms with Gasteiger partial charge in [0.15, 0.2) is 0 Å². The Morgan fingerprint density at radius 3 is 2.80 bits per heavy atom. The molecule has 0 fully saturated rings. The van der Waals surface area contributed by atoms with Gasteiger partial charge >= 0.3 is 0 Å². The average molecular weight is 363 g/mol. The van der Waals surface area contributed by atoms with Crippen molar-refractivity contribution in [1.82, 2.24) is 24.8 Å². The van der Waals surface area contributed by atoms with E-state index in [0.29, 0.717) is 0 Å². The highest BCUT2D eigenvalue weighted by Crippen LogP contribution is 2.42. The van der Waals surface area contributed by atoms with Crippen LogP contribution >= 0.6 is 22.7 Å². The van der Waals surface area contributed by atoms with Gasteiger partial charge in [-0.25, -0.2) is 9.50 Å². The minimum atomic E-state index is 0.972. The van der Waals surface area contributed by atoms with Crippen LogP contribution in [0.3, 0.4) is 0 Å². The van der Waals surface area contributed by atoms with Crippen LogP contribution in [0, 0.1) is 6.92 Å². The van der Waals surface area contributed by atoms with Gasteiger partial charge < -0.3 is 0 Å². The molecule has 0 spiro atoms. The lowest BCUT2D eigenvalue weighted by atomic mass is 10.1. The second kappa shape index (κ2) is 5.65. The molecule has 5 aromatic rings. The van der Waals surface area contributed by atoms with E-state index in [1.54, 1.807) is 28.9 Å². The van der Waals surface area contributed by atoms with Crippen LogP contribution in [0.25, 0.3) is 37.2 Å². The molecule has 0 saturated carbocycles. The van der Waals surface area contributed by atoms with Crippen molar-refractivity contribution in [3.05, 3.63) is 59.9 Å². The first-order chi connectivity index (χ1) is 12.3. The van der Waals surface area contributed by atoms with Crippen LogP contribution in [0.15, 0.2) is 54.2 Å². The van der Waals surface area contributed by atoms with Gasteiger partial charge in [-0.1, -0.05) is 30.3 Å². The minimum Gasteiger partial charge on any atom is -0.277 e. The fraction of sp³-hybridized carbons (Fsp3) is 0.0556. The molecule has 7 heteroatoms. The highest BCUT2D eigenvalue weighted by atomic mass is 32.1. The number of hydrogen-bond donors (Lipinski definition) is 1. The second-order valence-corrected chi connectivity index (χ2v) is 7.54. The number of benzene rings is 1. The van der Waals surface area contributed by atoms with Crippen LogP contribution in [0.2, 0.25) is 0 Å². The summed E-state index contributed by atoms with van der Waals surface area (Å²) >= 11 is 3.36. The number of nitrogens with zero attached hydrogens (tertiary/aromatic N) is 4. The Bertz CT molecular complexity index is 1150. The summed E-state index contributed by atoms with van der Waals surface area (Å²) in [5, 5.41) is 14.8. The number of fused-ring (bicyclic) bond motifs is 1. The van der Waals surface area contributed by atoms with Crippen molar-refractivity contribution in [3.8, 4) is 32.4 Å². The number of aromatic amines is 1. The molecule has 4 heterocycles. The molecule has 0 aliphatic carbocycles. The van der Waals surface area contributed by atoms with Crippen molar-refractivity contribution >= 4 is 27.5 Å². The Hall–Kier alpha value is -2.77. The summed E-state index contributed by atoms with van der Waals surface area (Å²) in [6, 6.07) is 12.2. The summed E-state index contributed by atoms with van der Waals surface area (Å²) in [6.07, 6.45) is 3.75. The standard InChI is InChI=1S/C18H13N5S2/c1-11-14(18-23(22-11)9-10-24-18)17-20-15(12-5-3-2-4-6-12)16(25-17)13-7-8-19-21-13/h2-10H,1H3,(H,19,21). The van der Waals surface area contributed by atoms with Gasteiger partial charge in [-0.15, -0.1) is 22.7 Å². The molecular weight excluding hydrogens is 350 g/mol. The predicted molar refractivity (Wildman–Crippen MR) is 102 cm³/mol. The molecule has 4 aromatic heterocycles. The maximum Gasteiger partial charge on any atom is 0.129 e. The van der Waals surface area contributed by atoms with Crippen LogP contribution in [-0.2, 0) is 0 Å². The van der Waals surface area contributed by atoms with Crippen molar-refractivity contribution in [2.24, 2.45) is 0 Å². The third-order valence-electron chi connectivity index (χ3n) is 4.06. The Kier molecular flexibility index (Phi) is 3.29. The van der Waals surface area contributed by atoms with E-state index in [-0.39, 0.29) is 0 Å². The van der Waals surface area contributed by atoms with Crippen molar-refractivity contribution in [1.29, 1.82) is 0 Å². The summed E-state index contributed by atoms with van der Waals surface area (Å²) in [5.74, 6) is 0. The van der Waals surface area contributed by atoms with Crippen LogP contribution in [0.1, 0.15) is 5.69 Å². The first-order valence-corrected chi connectivity index (χ1v) is 9.49. The number of thiazole rings is 2. The molecule has 5 rings (SSSR count). The molecule has 0 bridgehead atoms. The zero-order valence-corrected chi connectivity index (χ0v) is 14.9. The molecule has 1 N–H and O–H groups in total. The van der Waals surface area contributed by atoms with E-state index in [1.165, 1.54) is 0 Å². The van der Waals surface area contributed by atoms with Crippen molar-refractivity contribution in [2.45, 2.75) is 6.92 Å². The Balaban J connectivity index is 1.77. The van der Waals surface area contributed by atoms with E-state index >= 15 is 0 Å². The van der Waals surface area contributed by atoms with E-state index in [0.717, 1.165) is 42.9 Å². The number of H-pyrrole nitrogens is 1. The Labute approximate surface area is 151 Å². The van der Waals surface area contributed by atoms with Gasteiger partial charge in [0.1, 0.15) is 9.84 Å². The lowest BCUT2D eigenvalue weighted by molar-refractivity contribution is 0.948. The lowest BCUT2D eigenvalue weighted by Gasteiger charge is -1.99. The minimum absolute atomic E-state index is 0.972. The normalized spacial score (nSPS) is 11.4. The number of aromatic nitrogens is 5. The Morgan fingerprint density at radius 2 is 2.00 bits per heavy atom. The van der Waals surface area contributed by atoms with Gasteiger partial charge in [0.05, 0.1) is 27.5 Å². The summed E-state index contributed by atoms with van der Waals surface area (Å²) < 4.78 is 1.93. The fourth-order valence-electron chi connectivity index (χ4n) is 2.92. The quantitative estimate of drug-likeness (QED) is 0.497. The van der Waals surface area contributed by atoms with Gasteiger partial charge in [0.25, 0.3) is 0 Å². The molecular formula is C18H13N5S2. The summed E-state index contributed by atoms with van der Waals surface area (Å²) in [5.41, 5.74) is 5.16. The lowest BCUT2D eigenvalue weighted by Crippen LogP contribution is -1.83. The summed E-state index contributed by atoms with van der Waals surface area (Å²) in [7, 11) is 0. The van der Waals surface area contributed by atoms with Gasteiger partial charge in [-0.3, -0.25) is 5.10 Å². The summed E-state index contributed by atoms with van der Waals surface area (Å²) in [6.45, 7) is 2.04. The molecule has 122 valence electrons. The first-order valence-electron chi connectivity index (χ1n) is 7.80. The van der Waals surface area contributed by atoms with E-state index in [1.807, 2.05) is 47.3 Å². The Morgan fingerprint density at radius 1 is 1.12 bits per heavy atom. The predicted octanol–water partition coefficient (Wildman–Crippen LogP) is 4.88. The molecule has 0 aliphatic heterocycles. The second-order valence-electron chi connectivity index (χ2n) is 5.65. The van der Waals surface area contributed by atoms with Crippen molar-refractivity contribution in [3.63, 3.8) is 0 Å². The maximum atomic E-state index is 4.99. The highest BCUT2D eigenvalue weighted by Gasteiger charge is 2.21. The molecule has 25 heavy (non-hydrogen) atoms. The average Bonchev–Trinajstić information content (AvgIpc) is 3.39. The molecule has 0 atom stereocenters. The topological polar surface area (TPSA) is 58.9 Å². The SMILES string of the molecule is Cc1nn2ccsc2c1-c1nc(-c2ccccc2)c(-c2ccn[nH]2)s1. The van der Waals surface area contributed by atoms with Crippen molar-refractivity contribution < 1.29 is 0 Å². The van der Waals surface area contributed by atoms with E-state index in [2.05, 4.69) is 27.4 Å².